The van der Waals surface area contributed by atoms with Gasteiger partial charge in [-0.25, -0.2) is 8.42 Å². The van der Waals surface area contributed by atoms with Gasteiger partial charge in [0.15, 0.2) is 0 Å². The largest absolute Gasteiger partial charge is 0.367 e. The number of halogens is 1. The number of hydrogen-bond acceptors (Lipinski definition) is 5. The summed E-state index contributed by atoms with van der Waals surface area (Å²) < 4.78 is 28.4. The fraction of sp³-hybridized carbons (Fsp3) is 0.316. The summed E-state index contributed by atoms with van der Waals surface area (Å²) in [5, 5.41) is 6.46. The van der Waals surface area contributed by atoms with Crippen LogP contribution in [0.4, 0.5) is 11.4 Å². The lowest BCUT2D eigenvalue weighted by atomic mass is 10.1. The average Bonchev–Trinajstić information content (AvgIpc) is 2.69. The molecular formula is C19H23ClN4O3S. The van der Waals surface area contributed by atoms with E-state index in [2.05, 4.69) is 20.3 Å². The number of nitrogens with one attached hydrogen (secondary N) is 3. The van der Waals surface area contributed by atoms with Gasteiger partial charge in [0.2, 0.25) is 0 Å². The summed E-state index contributed by atoms with van der Waals surface area (Å²) in [6, 6.07) is 11.0. The summed E-state index contributed by atoms with van der Waals surface area (Å²) >= 11 is 5.86. The van der Waals surface area contributed by atoms with Crippen LogP contribution in [0.15, 0.2) is 47.4 Å². The predicted molar refractivity (Wildman–Crippen MR) is 112 cm³/mol. The van der Waals surface area contributed by atoms with E-state index in [0.29, 0.717) is 22.8 Å². The molecule has 0 spiro atoms. The second-order valence-electron chi connectivity index (χ2n) is 6.39. The minimum Gasteiger partial charge on any atom is -0.367 e. The Hall–Kier alpha value is -2.29. The lowest BCUT2D eigenvalue weighted by Gasteiger charge is -2.31. The van der Waals surface area contributed by atoms with Crippen LogP contribution in [0, 0.1) is 0 Å². The Morgan fingerprint density at radius 3 is 2.46 bits per heavy atom. The molecule has 3 N–H and O–H groups in total. The zero-order valence-corrected chi connectivity index (χ0v) is 17.1. The zero-order valence-electron chi connectivity index (χ0n) is 15.5. The molecule has 0 radical (unpaired) electrons. The number of carbonyl (C=O) groups excluding carboxylic acids is 1. The van der Waals surface area contributed by atoms with Crippen LogP contribution in [-0.4, -0.2) is 47.0 Å². The van der Waals surface area contributed by atoms with Crippen molar-refractivity contribution in [2.75, 3.05) is 42.3 Å². The van der Waals surface area contributed by atoms with Crippen molar-refractivity contribution in [3.8, 4) is 0 Å². The first-order valence-electron chi connectivity index (χ1n) is 9.07. The van der Waals surface area contributed by atoms with Crippen molar-refractivity contribution in [1.29, 1.82) is 0 Å². The number of carbonyl (C=O) groups is 1. The van der Waals surface area contributed by atoms with Crippen molar-refractivity contribution < 1.29 is 13.2 Å². The SMILES string of the molecule is CCNC(=O)c1ccc(N2CCNCC2)c(NS(=O)(=O)c2ccc(Cl)cc2)c1. The van der Waals surface area contributed by atoms with Crippen LogP contribution in [0.2, 0.25) is 5.02 Å². The number of rotatable bonds is 6. The minimum absolute atomic E-state index is 0.103. The molecular weight excluding hydrogens is 400 g/mol. The number of hydrogen-bond donors (Lipinski definition) is 3. The first kappa shape index (κ1) is 20.4. The Kier molecular flexibility index (Phi) is 6.43. The third-order valence-electron chi connectivity index (χ3n) is 4.42. The maximum absolute atomic E-state index is 12.9. The van der Waals surface area contributed by atoms with Crippen LogP contribution >= 0.6 is 11.6 Å². The molecule has 3 rings (SSSR count). The maximum atomic E-state index is 12.9. The summed E-state index contributed by atoms with van der Waals surface area (Å²) in [5.41, 5.74) is 1.52. The van der Waals surface area contributed by atoms with Gasteiger partial charge in [-0.05, 0) is 49.4 Å². The van der Waals surface area contributed by atoms with Gasteiger partial charge in [0.25, 0.3) is 15.9 Å². The molecule has 1 heterocycles. The highest BCUT2D eigenvalue weighted by atomic mass is 35.5. The molecule has 2 aromatic carbocycles. The Bertz CT molecular complexity index is 942. The fourth-order valence-electron chi connectivity index (χ4n) is 3.02. The summed E-state index contributed by atoms with van der Waals surface area (Å²) in [6.07, 6.45) is 0. The predicted octanol–water partition coefficient (Wildman–Crippen LogP) is 2.30. The van der Waals surface area contributed by atoms with E-state index in [0.717, 1.165) is 31.9 Å². The molecule has 1 amide bonds. The first-order chi connectivity index (χ1) is 13.4. The maximum Gasteiger partial charge on any atom is 0.261 e. The van der Waals surface area contributed by atoms with Crippen molar-refractivity contribution >= 4 is 38.9 Å². The van der Waals surface area contributed by atoms with E-state index in [1.54, 1.807) is 18.2 Å². The van der Waals surface area contributed by atoms with Crippen LogP contribution in [-0.2, 0) is 10.0 Å². The molecule has 9 heteroatoms. The van der Waals surface area contributed by atoms with Gasteiger partial charge in [-0.15, -0.1) is 0 Å². The van der Waals surface area contributed by atoms with Crippen LogP contribution in [0.1, 0.15) is 17.3 Å². The molecule has 1 fully saturated rings. The Labute approximate surface area is 170 Å². The third-order valence-corrected chi connectivity index (χ3v) is 6.06. The number of nitrogens with zero attached hydrogens (tertiary/aromatic N) is 1. The van der Waals surface area contributed by atoms with Gasteiger partial charge < -0.3 is 15.5 Å². The molecule has 0 bridgehead atoms. The van der Waals surface area contributed by atoms with Gasteiger partial charge >= 0.3 is 0 Å². The molecule has 1 aliphatic rings. The van der Waals surface area contributed by atoms with E-state index in [9.17, 15) is 13.2 Å². The average molecular weight is 423 g/mol. The molecule has 0 saturated carbocycles. The molecule has 0 atom stereocenters. The second-order valence-corrected chi connectivity index (χ2v) is 8.51. The Morgan fingerprint density at radius 1 is 1.14 bits per heavy atom. The van der Waals surface area contributed by atoms with Gasteiger partial charge in [0, 0.05) is 43.3 Å². The molecule has 1 saturated heterocycles. The quantitative estimate of drug-likeness (QED) is 0.664. The Morgan fingerprint density at radius 2 is 1.82 bits per heavy atom. The third kappa shape index (κ3) is 4.76. The van der Waals surface area contributed by atoms with Crippen LogP contribution in [0.3, 0.4) is 0 Å². The normalized spacial score (nSPS) is 14.6. The molecule has 28 heavy (non-hydrogen) atoms. The number of sulfonamides is 1. The molecule has 150 valence electrons. The standard InChI is InChI=1S/C19H23ClN4O3S/c1-2-22-19(25)14-3-8-18(24-11-9-21-10-12-24)17(13-14)23-28(26,27)16-6-4-15(20)5-7-16/h3-8,13,21,23H,2,9-12H2,1H3,(H,22,25). The summed E-state index contributed by atoms with van der Waals surface area (Å²) in [6.45, 7) is 5.43. The van der Waals surface area contributed by atoms with Crippen molar-refractivity contribution in [1.82, 2.24) is 10.6 Å². The Balaban J connectivity index is 1.98. The first-order valence-corrected chi connectivity index (χ1v) is 10.9. The number of piperazine rings is 1. The summed E-state index contributed by atoms with van der Waals surface area (Å²) in [7, 11) is -3.83. The number of anilines is 2. The van der Waals surface area contributed by atoms with E-state index in [-0.39, 0.29) is 10.8 Å². The van der Waals surface area contributed by atoms with E-state index < -0.39 is 10.0 Å². The lowest BCUT2D eigenvalue weighted by Crippen LogP contribution is -2.43. The smallest absolute Gasteiger partial charge is 0.261 e. The highest BCUT2D eigenvalue weighted by Gasteiger charge is 2.21. The van der Waals surface area contributed by atoms with Gasteiger partial charge in [0.05, 0.1) is 16.3 Å². The van der Waals surface area contributed by atoms with Crippen LogP contribution < -0.4 is 20.3 Å². The van der Waals surface area contributed by atoms with Gasteiger partial charge in [0.1, 0.15) is 0 Å². The highest BCUT2D eigenvalue weighted by Crippen LogP contribution is 2.30. The van der Waals surface area contributed by atoms with Crippen molar-refractivity contribution in [3.63, 3.8) is 0 Å². The highest BCUT2D eigenvalue weighted by molar-refractivity contribution is 7.92. The number of amides is 1. The van der Waals surface area contributed by atoms with E-state index in [1.165, 1.54) is 24.3 Å². The summed E-state index contributed by atoms with van der Waals surface area (Å²) in [4.78, 5) is 14.4. The van der Waals surface area contributed by atoms with Crippen molar-refractivity contribution in [2.45, 2.75) is 11.8 Å². The van der Waals surface area contributed by atoms with E-state index in [1.807, 2.05) is 6.92 Å². The number of benzene rings is 2. The van der Waals surface area contributed by atoms with Crippen LogP contribution in [0.5, 0.6) is 0 Å². The minimum atomic E-state index is -3.83. The molecule has 2 aromatic rings. The van der Waals surface area contributed by atoms with E-state index in [4.69, 9.17) is 11.6 Å². The monoisotopic (exact) mass is 422 g/mol. The van der Waals surface area contributed by atoms with Crippen LogP contribution in [0.25, 0.3) is 0 Å². The molecule has 0 aromatic heterocycles. The lowest BCUT2D eigenvalue weighted by molar-refractivity contribution is 0.0956. The zero-order chi connectivity index (χ0) is 20.1. The fourth-order valence-corrected chi connectivity index (χ4v) is 4.21. The van der Waals surface area contributed by atoms with Crippen molar-refractivity contribution in [3.05, 3.63) is 53.1 Å². The molecule has 1 aliphatic heterocycles. The molecule has 7 nitrogen and oxygen atoms in total. The second kappa shape index (κ2) is 8.81. The van der Waals surface area contributed by atoms with Gasteiger partial charge in [-0.2, -0.15) is 0 Å². The van der Waals surface area contributed by atoms with E-state index >= 15 is 0 Å². The molecule has 0 unspecified atom stereocenters. The molecule has 0 aliphatic carbocycles. The van der Waals surface area contributed by atoms with Gasteiger partial charge in [-0.3, -0.25) is 9.52 Å². The van der Waals surface area contributed by atoms with Crippen molar-refractivity contribution in [2.24, 2.45) is 0 Å². The van der Waals surface area contributed by atoms with Gasteiger partial charge in [-0.1, -0.05) is 11.6 Å². The summed E-state index contributed by atoms with van der Waals surface area (Å²) in [5.74, 6) is -0.249. The topological polar surface area (TPSA) is 90.5 Å².